The van der Waals surface area contributed by atoms with Crippen molar-refractivity contribution in [2.75, 3.05) is 5.43 Å². The van der Waals surface area contributed by atoms with E-state index in [1.807, 2.05) is 12.2 Å². The monoisotopic (exact) mass is 297 g/mol. The Morgan fingerprint density at radius 2 is 1.81 bits per heavy atom. The predicted molar refractivity (Wildman–Crippen MR) is 81.4 cm³/mol. The molecule has 1 aromatic carbocycles. The highest BCUT2D eigenvalue weighted by Crippen LogP contribution is 2.39. The lowest BCUT2D eigenvalue weighted by Gasteiger charge is -2.28. The molecular weight excluding hydrogens is 286 g/mol. The largest absolute Gasteiger partial charge is 0.300 e. The molecule has 2 aliphatic rings. The molecule has 0 saturated carbocycles. The highest BCUT2D eigenvalue weighted by molar-refractivity contribution is 7.22. The van der Waals surface area contributed by atoms with E-state index in [0.29, 0.717) is 21.8 Å². The summed E-state index contributed by atoms with van der Waals surface area (Å²) in [4.78, 5) is 29.7. The molecule has 0 saturated heterocycles. The van der Waals surface area contributed by atoms with Gasteiger partial charge in [-0.25, -0.2) is 10.8 Å². The van der Waals surface area contributed by atoms with E-state index in [1.54, 1.807) is 24.3 Å². The van der Waals surface area contributed by atoms with E-state index in [9.17, 15) is 9.59 Å². The van der Waals surface area contributed by atoms with Gasteiger partial charge in [0, 0.05) is 11.1 Å². The van der Waals surface area contributed by atoms with Gasteiger partial charge in [-0.3, -0.25) is 15.0 Å². The third-order valence-electron chi connectivity index (χ3n) is 3.93. The second kappa shape index (κ2) is 4.34. The lowest BCUT2D eigenvalue weighted by molar-refractivity contribution is 0.0803. The number of hydrogen-bond donors (Lipinski definition) is 2. The fourth-order valence-corrected chi connectivity index (χ4v) is 3.89. The molecule has 0 spiro atoms. The minimum Gasteiger partial charge on any atom is -0.300 e. The number of aromatic nitrogens is 1. The fraction of sp³-hybridized carbons (Fsp3) is 0.133. The summed E-state index contributed by atoms with van der Waals surface area (Å²) in [5.41, 5.74) is 4.14. The molecule has 104 valence electrons. The highest BCUT2D eigenvalue weighted by atomic mass is 32.1. The van der Waals surface area contributed by atoms with Gasteiger partial charge < -0.3 is 0 Å². The smallest absolute Gasteiger partial charge is 0.198 e. The standard InChI is InChI=1S/C15H11N3O2S/c16-18-15-17-10-6-5-9-11(14(10)21-15)13(20)8-4-2-1-3-7(8)12(9)19/h1-8H,16H2,(H,17,18). The maximum absolute atomic E-state index is 12.8. The zero-order chi connectivity index (χ0) is 14.6. The van der Waals surface area contributed by atoms with Crippen molar-refractivity contribution in [1.82, 2.24) is 4.98 Å². The number of fused-ring (bicyclic) bond motifs is 4. The molecule has 1 heterocycles. The minimum atomic E-state index is -0.406. The first kappa shape index (κ1) is 12.4. The van der Waals surface area contributed by atoms with Crippen LogP contribution in [0.5, 0.6) is 0 Å². The van der Waals surface area contributed by atoms with Crippen molar-refractivity contribution in [2.45, 2.75) is 0 Å². The summed E-state index contributed by atoms with van der Waals surface area (Å²) in [7, 11) is 0. The summed E-state index contributed by atoms with van der Waals surface area (Å²) in [6, 6.07) is 3.46. The number of Topliss-reactive ketones (excluding diaryl/α,β-unsaturated/α-hetero) is 2. The highest BCUT2D eigenvalue weighted by Gasteiger charge is 2.40. The maximum atomic E-state index is 12.8. The van der Waals surface area contributed by atoms with Crippen LogP contribution in [-0.2, 0) is 0 Å². The summed E-state index contributed by atoms with van der Waals surface area (Å²) in [6.45, 7) is 0. The Kier molecular flexibility index (Phi) is 2.57. The average molecular weight is 297 g/mol. The molecule has 4 rings (SSSR count). The molecule has 5 nitrogen and oxygen atoms in total. The van der Waals surface area contributed by atoms with E-state index in [4.69, 9.17) is 5.84 Å². The number of anilines is 1. The van der Waals surface area contributed by atoms with Crippen LogP contribution in [0.2, 0.25) is 0 Å². The number of nitrogens with one attached hydrogen (secondary N) is 1. The van der Waals surface area contributed by atoms with Gasteiger partial charge in [0.05, 0.1) is 22.1 Å². The van der Waals surface area contributed by atoms with Crippen molar-refractivity contribution >= 4 is 38.3 Å². The van der Waals surface area contributed by atoms with Gasteiger partial charge in [-0.05, 0) is 12.1 Å². The third kappa shape index (κ3) is 1.63. The Bertz CT molecular complexity index is 850. The van der Waals surface area contributed by atoms with Gasteiger partial charge in [0.2, 0.25) is 0 Å². The lowest BCUT2D eigenvalue weighted by atomic mass is 9.72. The van der Waals surface area contributed by atoms with Crippen molar-refractivity contribution in [3.8, 4) is 0 Å². The molecule has 0 amide bonds. The number of hydrazine groups is 1. The molecule has 0 aliphatic heterocycles. The summed E-state index contributed by atoms with van der Waals surface area (Å²) in [6.07, 6.45) is 7.24. The van der Waals surface area contributed by atoms with E-state index in [-0.39, 0.29) is 17.5 Å². The van der Waals surface area contributed by atoms with Crippen molar-refractivity contribution in [3.05, 3.63) is 47.6 Å². The van der Waals surface area contributed by atoms with Crippen LogP contribution < -0.4 is 11.3 Å². The van der Waals surface area contributed by atoms with Gasteiger partial charge in [0.1, 0.15) is 0 Å². The Hall–Kier alpha value is -2.31. The maximum Gasteiger partial charge on any atom is 0.198 e. The second-order valence-corrected chi connectivity index (χ2v) is 6.05. The number of allylic oxidation sites excluding steroid dienone is 4. The zero-order valence-corrected chi connectivity index (χ0v) is 11.7. The van der Waals surface area contributed by atoms with Crippen LogP contribution in [0.25, 0.3) is 10.2 Å². The summed E-state index contributed by atoms with van der Waals surface area (Å²) >= 11 is 1.29. The first-order valence-electron chi connectivity index (χ1n) is 6.54. The molecule has 2 aliphatic carbocycles. The molecule has 2 unspecified atom stereocenters. The number of ketones is 2. The van der Waals surface area contributed by atoms with Gasteiger partial charge in [-0.1, -0.05) is 35.6 Å². The van der Waals surface area contributed by atoms with Crippen LogP contribution in [0.3, 0.4) is 0 Å². The van der Waals surface area contributed by atoms with E-state index in [1.165, 1.54) is 11.3 Å². The quantitative estimate of drug-likeness (QED) is 0.623. The molecule has 2 atom stereocenters. The first-order chi connectivity index (χ1) is 10.2. The first-order valence-corrected chi connectivity index (χ1v) is 7.36. The minimum absolute atomic E-state index is 0.00671. The van der Waals surface area contributed by atoms with Crippen LogP contribution in [0.4, 0.5) is 5.13 Å². The van der Waals surface area contributed by atoms with Crippen LogP contribution in [0, 0.1) is 11.8 Å². The average Bonchev–Trinajstić information content (AvgIpc) is 2.95. The van der Waals surface area contributed by atoms with Gasteiger partial charge >= 0.3 is 0 Å². The Labute approximate surface area is 124 Å². The van der Waals surface area contributed by atoms with Crippen LogP contribution in [0.1, 0.15) is 20.7 Å². The SMILES string of the molecule is NNc1nc2ccc3c(c2s1)C(=O)C1C=CC=CC1C3=O. The van der Waals surface area contributed by atoms with Crippen LogP contribution in [0.15, 0.2) is 36.4 Å². The van der Waals surface area contributed by atoms with Gasteiger partial charge in [0.25, 0.3) is 0 Å². The van der Waals surface area contributed by atoms with Crippen molar-refractivity contribution in [2.24, 2.45) is 17.7 Å². The Morgan fingerprint density at radius 1 is 1.10 bits per heavy atom. The van der Waals surface area contributed by atoms with Gasteiger partial charge in [-0.15, -0.1) is 0 Å². The normalized spacial score (nSPS) is 23.3. The third-order valence-corrected chi connectivity index (χ3v) is 4.95. The number of benzene rings is 1. The van der Waals surface area contributed by atoms with Crippen molar-refractivity contribution in [1.29, 1.82) is 0 Å². The zero-order valence-electron chi connectivity index (χ0n) is 10.9. The number of nitrogen functional groups attached to an aromatic ring is 1. The number of rotatable bonds is 1. The molecular formula is C15H11N3O2S. The summed E-state index contributed by atoms with van der Waals surface area (Å²) < 4.78 is 0.722. The number of nitrogens with two attached hydrogens (primary N) is 1. The van der Waals surface area contributed by atoms with E-state index >= 15 is 0 Å². The molecule has 2 aromatic rings. The predicted octanol–water partition coefficient (Wildman–Crippen LogP) is 2.32. The van der Waals surface area contributed by atoms with Crippen LogP contribution >= 0.6 is 11.3 Å². The Morgan fingerprint density at radius 3 is 2.52 bits per heavy atom. The van der Waals surface area contributed by atoms with Crippen molar-refractivity contribution < 1.29 is 9.59 Å². The number of nitrogens with zero attached hydrogens (tertiary/aromatic N) is 1. The lowest BCUT2D eigenvalue weighted by Crippen LogP contribution is -2.35. The fourth-order valence-electron chi connectivity index (χ4n) is 2.96. The van der Waals surface area contributed by atoms with Gasteiger partial charge in [-0.2, -0.15) is 0 Å². The molecule has 0 radical (unpaired) electrons. The molecule has 6 heteroatoms. The number of carbonyl (C=O) groups excluding carboxylic acids is 2. The molecule has 0 fully saturated rings. The topological polar surface area (TPSA) is 85.1 Å². The summed E-state index contributed by atoms with van der Waals surface area (Å²) in [5.74, 6) is 4.57. The number of hydrogen-bond acceptors (Lipinski definition) is 6. The summed E-state index contributed by atoms with van der Waals surface area (Å²) in [5, 5.41) is 0.528. The molecule has 3 N–H and O–H groups in total. The van der Waals surface area contributed by atoms with E-state index < -0.39 is 5.92 Å². The van der Waals surface area contributed by atoms with Crippen LogP contribution in [-0.4, -0.2) is 16.6 Å². The molecule has 1 aromatic heterocycles. The molecule has 21 heavy (non-hydrogen) atoms. The second-order valence-electron chi connectivity index (χ2n) is 5.05. The Balaban J connectivity index is 2.01. The number of thiazole rings is 1. The van der Waals surface area contributed by atoms with Crippen molar-refractivity contribution in [3.63, 3.8) is 0 Å². The van der Waals surface area contributed by atoms with Gasteiger partial charge in [0.15, 0.2) is 16.7 Å². The molecule has 0 bridgehead atoms. The number of carbonyl (C=O) groups is 2. The van der Waals surface area contributed by atoms with E-state index in [0.717, 1.165) is 4.70 Å². The van der Waals surface area contributed by atoms with E-state index in [2.05, 4.69) is 10.4 Å².